The molecule has 1 N–H and O–H groups in total. The lowest BCUT2D eigenvalue weighted by Crippen LogP contribution is -2.50. The quantitative estimate of drug-likeness (QED) is 0.709. The summed E-state index contributed by atoms with van der Waals surface area (Å²) < 4.78 is 44.3. The number of ether oxygens (including phenoxy) is 1. The minimum atomic E-state index is -4.46. The molecule has 5 nitrogen and oxygen atoms in total. The summed E-state index contributed by atoms with van der Waals surface area (Å²) in [6, 6.07) is 9.37. The number of rotatable bonds is 3. The summed E-state index contributed by atoms with van der Waals surface area (Å²) in [6.45, 7) is 1.17. The van der Waals surface area contributed by atoms with Gasteiger partial charge in [0.1, 0.15) is 17.3 Å². The topological polar surface area (TPSA) is 40.6 Å². The molecule has 0 aliphatic carbocycles. The Labute approximate surface area is 176 Å². The van der Waals surface area contributed by atoms with E-state index in [9.17, 15) is 13.2 Å². The lowest BCUT2D eigenvalue weighted by atomic mass is 10.2. The van der Waals surface area contributed by atoms with Gasteiger partial charge in [0, 0.05) is 18.1 Å². The van der Waals surface area contributed by atoms with Gasteiger partial charge in [-0.05, 0) is 49.0 Å². The second-order valence-corrected chi connectivity index (χ2v) is 7.82. The smallest absolute Gasteiger partial charge is 0.433 e. The molecule has 1 aromatic heterocycles. The molecule has 0 saturated carbocycles. The minimum Gasteiger partial charge on any atom is -0.495 e. The van der Waals surface area contributed by atoms with Crippen LogP contribution in [0.1, 0.15) is 12.1 Å². The van der Waals surface area contributed by atoms with Crippen LogP contribution in [0.3, 0.4) is 0 Å². The maximum absolute atomic E-state index is 13.0. The lowest BCUT2D eigenvalue weighted by Gasteiger charge is -2.36. The van der Waals surface area contributed by atoms with Gasteiger partial charge < -0.3 is 19.9 Å². The summed E-state index contributed by atoms with van der Waals surface area (Å²) in [5.41, 5.74) is -0.205. The molecule has 154 valence electrons. The van der Waals surface area contributed by atoms with E-state index < -0.39 is 11.9 Å². The van der Waals surface area contributed by atoms with Crippen molar-refractivity contribution >= 4 is 40.4 Å². The first kappa shape index (κ1) is 20.0. The molecule has 2 aliphatic rings. The standard InChI is InChI=1S/C19H18ClF3N4OS/c1-28-15-6-5-11(20)7-14(15)24-18(29)27-10-12-8-13(27)9-26(12)17-4-2-3-16(25-17)19(21,22)23/h2-7,12-13H,8-10H2,1H3,(H,24,29). The number of halogens is 4. The first-order valence-electron chi connectivity index (χ1n) is 8.98. The lowest BCUT2D eigenvalue weighted by molar-refractivity contribution is -0.141. The van der Waals surface area contributed by atoms with Crippen LogP contribution in [-0.2, 0) is 6.18 Å². The van der Waals surface area contributed by atoms with E-state index in [1.807, 2.05) is 4.90 Å². The average Bonchev–Trinajstić information content (AvgIpc) is 3.28. The Morgan fingerprint density at radius 3 is 2.69 bits per heavy atom. The van der Waals surface area contributed by atoms with E-state index >= 15 is 0 Å². The van der Waals surface area contributed by atoms with Crippen molar-refractivity contribution in [1.82, 2.24) is 9.88 Å². The molecular formula is C19H18ClF3N4OS. The highest BCUT2D eigenvalue weighted by Crippen LogP contribution is 2.36. The predicted molar refractivity (Wildman–Crippen MR) is 110 cm³/mol. The highest BCUT2D eigenvalue weighted by atomic mass is 35.5. The Bertz CT molecular complexity index is 942. The normalized spacial score (nSPS) is 20.9. The summed E-state index contributed by atoms with van der Waals surface area (Å²) in [7, 11) is 1.56. The van der Waals surface area contributed by atoms with Crippen molar-refractivity contribution in [3.05, 3.63) is 47.1 Å². The summed E-state index contributed by atoms with van der Waals surface area (Å²) >= 11 is 11.6. The van der Waals surface area contributed by atoms with Crippen LogP contribution in [-0.4, -0.2) is 47.3 Å². The van der Waals surface area contributed by atoms with E-state index in [0.29, 0.717) is 40.5 Å². The minimum absolute atomic E-state index is 0.0528. The summed E-state index contributed by atoms with van der Waals surface area (Å²) in [6.07, 6.45) is -3.64. The molecule has 2 unspecified atom stereocenters. The number of thiocarbonyl (C=S) groups is 1. The van der Waals surface area contributed by atoms with Crippen molar-refractivity contribution < 1.29 is 17.9 Å². The summed E-state index contributed by atoms with van der Waals surface area (Å²) in [4.78, 5) is 7.81. The number of nitrogens with one attached hydrogen (secondary N) is 1. The summed E-state index contributed by atoms with van der Waals surface area (Å²) in [5.74, 6) is 0.971. The van der Waals surface area contributed by atoms with Crippen molar-refractivity contribution in [2.24, 2.45) is 0 Å². The molecule has 3 heterocycles. The molecule has 2 saturated heterocycles. The van der Waals surface area contributed by atoms with Gasteiger partial charge in [0.2, 0.25) is 0 Å². The van der Waals surface area contributed by atoms with E-state index in [4.69, 9.17) is 28.6 Å². The number of benzene rings is 1. The average molecular weight is 443 g/mol. The molecular weight excluding hydrogens is 425 g/mol. The molecule has 0 amide bonds. The number of anilines is 2. The van der Waals surface area contributed by atoms with Crippen LogP contribution in [0.25, 0.3) is 0 Å². The maximum atomic E-state index is 13.0. The van der Waals surface area contributed by atoms with Gasteiger partial charge in [-0.1, -0.05) is 17.7 Å². The van der Waals surface area contributed by atoms with Crippen molar-refractivity contribution in [3.8, 4) is 5.75 Å². The van der Waals surface area contributed by atoms with Crippen LogP contribution in [0, 0.1) is 0 Å². The number of hydrogen-bond donors (Lipinski definition) is 1. The van der Waals surface area contributed by atoms with Crippen molar-refractivity contribution in [1.29, 1.82) is 0 Å². The molecule has 1 aromatic carbocycles. The molecule has 0 spiro atoms. The second kappa shape index (κ2) is 7.53. The molecule has 2 atom stereocenters. The zero-order chi connectivity index (χ0) is 20.8. The van der Waals surface area contributed by atoms with Gasteiger partial charge in [-0.25, -0.2) is 4.98 Å². The number of likely N-dealkylation sites (tertiary alicyclic amines) is 1. The van der Waals surface area contributed by atoms with Crippen LogP contribution in [0.15, 0.2) is 36.4 Å². The van der Waals surface area contributed by atoms with Crippen LogP contribution in [0.2, 0.25) is 5.02 Å². The van der Waals surface area contributed by atoms with Crippen molar-refractivity contribution in [3.63, 3.8) is 0 Å². The van der Waals surface area contributed by atoms with Gasteiger partial charge in [0.15, 0.2) is 5.11 Å². The number of piperazine rings is 1. The van der Waals surface area contributed by atoms with Gasteiger partial charge in [-0.2, -0.15) is 13.2 Å². The van der Waals surface area contributed by atoms with E-state index in [2.05, 4.69) is 15.2 Å². The zero-order valence-electron chi connectivity index (χ0n) is 15.4. The van der Waals surface area contributed by atoms with E-state index in [1.165, 1.54) is 6.07 Å². The van der Waals surface area contributed by atoms with Gasteiger partial charge in [0.05, 0.1) is 24.9 Å². The van der Waals surface area contributed by atoms with Crippen LogP contribution in [0.4, 0.5) is 24.7 Å². The number of pyridine rings is 1. The van der Waals surface area contributed by atoms with E-state index in [0.717, 1.165) is 12.5 Å². The molecule has 2 aromatic rings. The Morgan fingerprint density at radius 1 is 1.24 bits per heavy atom. The fourth-order valence-electron chi connectivity index (χ4n) is 3.90. The van der Waals surface area contributed by atoms with Gasteiger partial charge >= 0.3 is 6.18 Å². The number of fused-ring (bicyclic) bond motifs is 2. The third-order valence-electron chi connectivity index (χ3n) is 5.22. The fourth-order valence-corrected chi connectivity index (χ4v) is 4.41. The molecule has 2 fully saturated rings. The van der Waals surface area contributed by atoms with E-state index in [-0.39, 0.29) is 12.1 Å². The van der Waals surface area contributed by atoms with Crippen molar-refractivity contribution in [2.45, 2.75) is 24.7 Å². The molecule has 29 heavy (non-hydrogen) atoms. The third-order valence-corrected chi connectivity index (χ3v) is 5.80. The molecule has 0 radical (unpaired) electrons. The second-order valence-electron chi connectivity index (χ2n) is 7.00. The van der Waals surface area contributed by atoms with Crippen LogP contribution in [0.5, 0.6) is 5.75 Å². The molecule has 10 heteroatoms. The molecule has 2 bridgehead atoms. The Morgan fingerprint density at radius 2 is 2.03 bits per heavy atom. The predicted octanol–water partition coefficient (Wildman–Crippen LogP) is 4.42. The number of nitrogens with zero attached hydrogens (tertiary/aromatic N) is 3. The third kappa shape index (κ3) is 3.93. The Balaban J connectivity index is 1.46. The fraction of sp³-hybridized carbons (Fsp3) is 0.368. The van der Waals surface area contributed by atoms with Crippen LogP contribution >= 0.6 is 23.8 Å². The number of methoxy groups -OCH3 is 1. The van der Waals surface area contributed by atoms with Gasteiger partial charge in [-0.3, -0.25) is 0 Å². The van der Waals surface area contributed by atoms with Gasteiger partial charge in [-0.15, -0.1) is 0 Å². The largest absolute Gasteiger partial charge is 0.495 e. The summed E-state index contributed by atoms with van der Waals surface area (Å²) in [5, 5.41) is 4.27. The monoisotopic (exact) mass is 442 g/mol. The maximum Gasteiger partial charge on any atom is 0.433 e. The first-order chi connectivity index (χ1) is 13.8. The van der Waals surface area contributed by atoms with Gasteiger partial charge in [0.25, 0.3) is 0 Å². The molecule has 4 rings (SSSR count). The SMILES string of the molecule is COc1ccc(Cl)cc1NC(=S)N1CC2CC1CN2c1cccc(C(F)(F)F)n1. The van der Waals surface area contributed by atoms with E-state index in [1.54, 1.807) is 31.4 Å². The van der Waals surface area contributed by atoms with Crippen molar-refractivity contribution in [2.75, 3.05) is 30.4 Å². The van der Waals surface area contributed by atoms with Crippen LogP contribution < -0.4 is 15.0 Å². The number of alkyl halides is 3. The Hall–Kier alpha value is -2.26. The number of aromatic nitrogens is 1. The highest BCUT2D eigenvalue weighted by Gasteiger charge is 2.45. The zero-order valence-corrected chi connectivity index (χ0v) is 17.0. The highest BCUT2D eigenvalue weighted by molar-refractivity contribution is 7.80. The Kier molecular flexibility index (Phi) is 5.20. The first-order valence-corrected chi connectivity index (χ1v) is 9.77. The number of hydrogen-bond acceptors (Lipinski definition) is 4. The molecule has 2 aliphatic heterocycles.